The van der Waals surface area contributed by atoms with Crippen molar-refractivity contribution in [3.8, 4) is 5.75 Å². The van der Waals surface area contributed by atoms with Crippen LogP contribution in [-0.2, 0) is 23.9 Å². The van der Waals surface area contributed by atoms with Gasteiger partial charge in [0.05, 0.1) is 48.2 Å². The first-order valence-corrected chi connectivity index (χ1v) is 9.88. The molecule has 8 nitrogen and oxygen atoms in total. The van der Waals surface area contributed by atoms with Gasteiger partial charge < -0.3 is 19.9 Å². The van der Waals surface area contributed by atoms with Crippen molar-refractivity contribution in [3.05, 3.63) is 51.8 Å². The first-order valence-electron chi connectivity index (χ1n) is 9.00. The smallest absolute Gasteiger partial charge is 0.338 e. The maximum absolute atomic E-state index is 12.9. The highest BCUT2D eigenvalue weighted by Gasteiger charge is 2.49. The van der Waals surface area contributed by atoms with Gasteiger partial charge in [-0.2, -0.15) is 0 Å². The molecule has 2 atom stereocenters. The van der Waals surface area contributed by atoms with Crippen LogP contribution in [0.3, 0.4) is 0 Å². The molecule has 2 aliphatic heterocycles. The molecule has 0 radical (unpaired) electrons. The van der Waals surface area contributed by atoms with Gasteiger partial charge in [-0.05, 0) is 19.9 Å². The van der Waals surface area contributed by atoms with Crippen LogP contribution in [-0.4, -0.2) is 48.8 Å². The van der Waals surface area contributed by atoms with Gasteiger partial charge in [0.2, 0.25) is 5.91 Å². The predicted octanol–water partition coefficient (Wildman–Crippen LogP) is 1.87. The highest BCUT2D eigenvalue weighted by molar-refractivity contribution is 8.04. The Kier molecular flexibility index (Phi) is 5.88. The molecule has 29 heavy (non-hydrogen) atoms. The van der Waals surface area contributed by atoms with Gasteiger partial charge >= 0.3 is 11.9 Å². The van der Waals surface area contributed by atoms with E-state index in [0.717, 1.165) is 0 Å². The summed E-state index contributed by atoms with van der Waals surface area (Å²) in [4.78, 5) is 39.7. The molecule has 0 aliphatic carbocycles. The number of methoxy groups -OCH3 is 2. The van der Waals surface area contributed by atoms with Gasteiger partial charge in [0.15, 0.2) is 0 Å². The number of benzene rings is 1. The minimum Gasteiger partial charge on any atom is -0.496 e. The third-order valence-corrected chi connectivity index (χ3v) is 5.92. The molecule has 9 heteroatoms. The zero-order valence-electron chi connectivity index (χ0n) is 16.6. The Morgan fingerprint density at radius 2 is 1.86 bits per heavy atom. The normalized spacial score (nSPS) is 21.2. The van der Waals surface area contributed by atoms with Gasteiger partial charge in [-0.15, -0.1) is 0 Å². The fourth-order valence-electron chi connectivity index (χ4n) is 3.46. The number of para-hydroxylation sites is 1. The number of rotatable bonds is 5. The van der Waals surface area contributed by atoms with E-state index in [2.05, 4.69) is 0 Å². The zero-order valence-corrected chi connectivity index (χ0v) is 17.4. The Morgan fingerprint density at radius 1 is 1.17 bits per heavy atom. The van der Waals surface area contributed by atoms with Crippen molar-refractivity contribution in [1.82, 2.24) is 4.90 Å². The molecule has 0 spiro atoms. The quantitative estimate of drug-likeness (QED) is 0.722. The van der Waals surface area contributed by atoms with Crippen LogP contribution in [0.1, 0.15) is 25.3 Å². The van der Waals surface area contributed by atoms with E-state index in [4.69, 9.17) is 19.9 Å². The minimum atomic E-state index is -0.908. The number of carbonyl (C=O) groups is 3. The van der Waals surface area contributed by atoms with Gasteiger partial charge in [-0.25, -0.2) is 9.59 Å². The highest BCUT2D eigenvalue weighted by Crippen LogP contribution is 2.51. The molecule has 1 aromatic rings. The fourth-order valence-corrected chi connectivity index (χ4v) is 4.63. The molecule has 0 unspecified atom stereocenters. The van der Waals surface area contributed by atoms with Crippen LogP contribution in [0.25, 0.3) is 0 Å². The lowest BCUT2D eigenvalue weighted by atomic mass is 9.82. The highest BCUT2D eigenvalue weighted by atomic mass is 32.2. The lowest BCUT2D eigenvalue weighted by Gasteiger charge is -2.33. The van der Waals surface area contributed by atoms with E-state index in [-0.39, 0.29) is 29.5 Å². The lowest BCUT2D eigenvalue weighted by molar-refractivity contribution is -0.139. The van der Waals surface area contributed by atoms with Crippen LogP contribution in [0.5, 0.6) is 5.75 Å². The summed E-state index contributed by atoms with van der Waals surface area (Å²) in [5, 5.41) is -0.112. The van der Waals surface area contributed by atoms with Crippen molar-refractivity contribution < 1.29 is 28.6 Å². The number of nitrogens with two attached hydrogens (primary N) is 1. The second-order valence-electron chi connectivity index (χ2n) is 6.34. The zero-order chi connectivity index (χ0) is 21.3. The molecule has 1 aromatic carbocycles. The number of ether oxygens (including phenoxy) is 3. The van der Waals surface area contributed by atoms with Gasteiger partial charge in [0.1, 0.15) is 11.6 Å². The molecule has 154 valence electrons. The van der Waals surface area contributed by atoms with Gasteiger partial charge in [-0.1, -0.05) is 30.0 Å². The number of fused-ring (bicyclic) bond motifs is 1. The predicted molar refractivity (Wildman–Crippen MR) is 107 cm³/mol. The van der Waals surface area contributed by atoms with Crippen molar-refractivity contribution in [2.45, 2.75) is 25.0 Å². The molecular formula is C20H22N2O6S. The van der Waals surface area contributed by atoms with Crippen molar-refractivity contribution >= 4 is 29.6 Å². The summed E-state index contributed by atoms with van der Waals surface area (Å²) in [6.45, 7) is 3.48. The molecule has 3 rings (SSSR count). The number of hydrogen-bond donors (Lipinski definition) is 1. The SMILES string of the molecule is CCOC(=O)C1=C(N)N2C(=O)[C@H](C)SC2=C(C(=O)OC)[C@@H]1c1ccccc1OC. The van der Waals surface area contributed by atoms with E-state index in [0.29, 0.717) is 16.3 Å². The topological polar surface area (TPSA) is 108 Å². The Morgan fingerprint density at radius 3 is 2.48 bits per heavy atom. The van der Waals surface area contributed by atoms with Crippen LogP contribution < -0.4 is 10.5 Å². The first kappa shape index (κ1) is 20.8. The number of carbonyl (C=O) groups excluding carboxylic acids is 3. The fraction of sp³-hybridized carbons (Fsp3) is 0.350. The number of thioether (sulfide) groups is 1. The first-order chi connectivity index (χ1) is 13.9. The lowest BCUT2D eigenvalue weighted by Crippen LogP contribution is -2.40. The summed E-state index contributed by atoms with van der Waals surface area (Å²) in [7, 11) is 2.74. The Labute approximate surface area is 172 Å². The monoisotopic (exact) mass is 418 g/mol. The maximum Gasteiger partial charge on any atom is 0.338 e. The molecule has 0 aromatic heterocycles. The van der Waals surface area contributed by atoms with Gasteiger partial charge in [0.25, 0.3) is 0 Å². The molecule has 0 bridgehead atoms. The standard InChI is InChI=1S/C20H22N2O6S/c1-5-28-20(25)14-13(11-8-6-7-9-12(11)26-3)15(19(24)27-4)18-22(16(14)21)17(23)10(2)29-18/h6-10,13H,5,21H2,1-4H3/t10-,13+/m0/s1. The molecule has 2 N–H and O–H groups in total. The van der Waals surface area contributed by atoms with Crippen LogP contribution in [0.2, 0.25) is 0 Å². The van der Waals surface area contributed by atoms with E-state index in [9.17, 15) is 14.4 Å². The van der Waals surface area contributed by atoms with Crippen molar-refractivity contribution in [1.29, 1.82) is 0 Å². The van der Waals surface area contributed by atoms with E-state index >= 15 is 0 Å². The summed E-state index contributed by atoms with van der Waals surface area (Å²) in [5.41, 5.74) is 7.01. The third kappa shape index (κ3) is 3.35. The molecule has 2 heterocycles. The van der Waals surface area contributed by atoms with E-state index in [1.165, 1.54) is 30.9 Å². The summed E-state index contributed by atoms with van der Waals surface area (Å²) < 4.78 is 15.7. The average molecular weight is 418 g/mol. The molecule has 1 saturated heterocycles. The van der Waals surface area contributed by atoms with E-state index in [1.807, 2.05) is 0 Å². The van der Waals surface area contributed by atoms with Crippen molar-refractivity contribution in [2.75, 3.05) is 20.8 Å². The molecule has 0 saturated carbocycles. The third-order valence-electron chi connectivity index (χ3n) is 4.73. The van der Waals surface area contributed by atoms with Crippen LogP contribution in [0, 0.1) is 0 Å². The van der Waals surface area contributed by atoms with E-state index in [1.54, 1.807) is 38.1 Å². The second-order valence-corrected chi connectivity index (χ2v) is 7.67. The Bertz CT molecular complexity index is 939. The summed E-state index contributed by atoms with van der Waals surface area (Å²) in [6, 6.07) is 6.99. The molecule has 2 aliphatic rings. The summed E-state index contributed by atoms with van der Waals surface area (Å²) >= 11 is 1.20. The van der Waals surface area contributed by atoms with Crippen molar-refractivity contribution in [3.63, 3.8) is 0 Å². The largest absolute Gasteiger partial charge is 0.496 e. The van der Waals surface area contributed by atoms with E-state index < -0.39 is 23.1 Å². The van der Waals surface area contributed by atoms with Crippen LogP contribution in [0.4, 0.5) is 0 Å². The Hall–Kier alpha value is -2.94. The number of amides is 1. The maximum atomic E-state index is 12.9. The average Bonchev–Trinajstić information content (AvgIpc) is 3.01. The minimum absolute atomic E-state index is 0.00329. The van der Waals surface area contributed by atoms with Crippen LogP contribution in [0.15, 0.2) is 46.3 Å². The summed E-state index contributed by atoms with van der Waals surface area (Å²) in [5.74, 6) is -2.18. The van der Waals surface area contributed by atoms with Crippen molar-refractivity contribution in [2.24, 2.45) is 5.73 Å². The number of hydrogen-bond acceptors (Lipinski definition) is 8. The molecule has 1 amide bonds. The molecule has 1 fully saturated rings. The number of nitrogens with zero attached hydrogens (tertiary/aromatic N) is 1. The molecular weight excluding hydrogens is 396 g/mol. The number of esters is 2. The second kappa shape index (κ2) is 8.20. The summed E-state index contributed by atoms with van der Waals surface area (Å²) in [6.07, 6.45) is 0. The van der Waals surface area contributed by atoms with Crippen LogP contribution >= 0.6 is 11.8 Å². The van der Waals surface area contributed by atoms with Gasteiger partial charge in [-0.3, -0.25) is 9.69 Å². The Balaban J connectivity index is 2.35. The van der Waals surface area contributed by atoms with Gasteiger partial charge in [0, 0.05) is 5.56 Å².